The van der Waals surface area contributed by atoms with Crippen LogP contribution < -0.4 is 16.2 Å². The fourth-order valence-corrected chi connectivity index (χ4v) is 2.13. The van der Waals surface area contributed by atoms with Gasteiger partial charge in [0.2, 0.25) is 0 Å². The molecule has 6 heteroatoms. The molecule has 4 N–H and O–H groups in total. The molecule has 102 valence electrons. The van der Waals surface area contributed by atoms with Crippen LogP contribution in [0.1, 0.15) is 12.5 Å². The lowest BCUT2D eigenvalue weighted by atomic mass is 9.90. The van der Waals surface area contributed by atoms with Gasteiger partial charge in [0, 0.05) is 12.6 Å². The number of aliphatic imine (C=N–C) groups is 2. The van der Waals surface area contributed by atoms with Crippen LogP contribution in [0.5, 0.6) is 5.75 Å². The van der Waals surface area contributed by atoms with E-state index in [4.69, 9.17) is 16.2 Å². The van der Waals surface area contributed by atoms with Crippen molar-refractivity contribution in [1.82, 2.24) is 0 Å². The molecule has 0 aromatic heterocycles. The molecule has 2 rings (SSSR count). The average Bonchev–Trinajstić information content (AvgIpc) is 2.38. The Morgan fingerprint density at radius 2 is 2.16 bits per heavy atom. The third-order valence-electron chi connectivity index (χ3n) is 2.93. The molecule has 1 aromatic rings. The zero-order chi connectivity index (χ0) is 13.9. The van der Waals surface area contributed by atoms with Gasteiger partial charge in [0.25, 0.3) is 0 Å². The Labute approximate surface area is 118 Å². The molecule has 0 spiro atoms. The van der Waals surface area contributed by atoms with E-state index in [2.05, 4.69) is 22.6 Å². The number of hydrogen-bond donors (Lipinski definition) is 3. The van der Waals surface area contributed by atoms with Crippen molar-refractivity contribution in [3.63, 3.8) is 0 Å². The molecule has 1 heterocycles. The highest BCUT2D eigenvalue weighted by atomic mass is 32.1. The van der Waals surface area contributed by atoms with Crippen LogP contribution in [0.3, 0.4) is 0 Å². The van der Waals surface area contributed by atoms with Crippen LogP contribution in [-0.4, -0.2) is 29.7 Å². The molecule has 2 unspecified atom stereocenters. The van der Waals surface area contributed by atoms with E-state index in [1.165, 1.54) is 0 Å². The standard InChI is InChI=1S/C13H18N4OS/c1-2-18-10-6-4-3-5-9(10)7-13(15)8-16-12(19)17-11(13)14/h3-6,8,12,19H,2,7,15H2,1H3,(H2,14,17). The highest BCUT2D eigenvalue weighted by molar-refractivity contribution is 7.80. The molecule has 1 aliphatic rings. The number of benzene rings is 1. The van der Waals surface area contributed by atoms with Crippen LogP contribution in [-0.2, 0) is 6.42 Å². The maximum atomic E-state index is 6.27. The molecule has 2 atom stereocenters. The number of rotatable bonds is 4. The number of para-hydroxylation sites is 1. The smallest absolute Gasteiger partial charge is 0.185 e. The van der Waals surface area contributed by atoms with Crippen LogP contribution >= 0.6 is 12.6 Å². The molecule has 19 heavy (non-hydrogen) atoms. The second-order valence-corrected chi connectivity index (χ2v) is 4.86. The summed E-state index contributed by atoms with van der Waals surface area (Å²) in [6, 6.07) is 7.74. The summed E-state index contributed by atoms with van der Waals surface area (Å²) in [5.41, 5.74) is 11.8. The van der Waals surface area contributed by atoms with E-state index in [0.717, 1.165) is 11.3 Å². The second kappa shape index (κ2) is 5.63. The van der Waals surface area contributed by atoms with Gasteiger partial charge in [0.1, 0.15) is 17.1 Å². The molecule has 0 amide bonds. The lowest BCUT2D eigenvalue weighted by molar-refractivity contribution is 0.335. The molecule has 0 fully saturated rings. The van der Waals surface area contributed by atoms with Crippen molar-refractivity contribution in [3.8, 4) is 5.75 Å². The normalized spacial score (nSPS) is 26.1. The predicted molar refractivity (Wildman–Crippen MR) is 81.1 cm³/mol. The van der Waals surface area contributed by atoms with Crippen LogP contribution in [0, 0.1) is 0 Å². The molecule has 1 aromatic carbocycles. The first-order valence-electron chi connectivity index (χ1n) is 6.11. The zero-order valence-electron chi connectivity index (χ0n) is 10.8. The Morgan fingerprint density at radius 1 is 1.42 bits per heavy atom. The van der Waals surface area contributed by atoms with Gasteiger partial charge in [-0.2, -0.15) is 0 Å². The summed E-state index contributed by atoms with van der Waals surface area (Å²) in [5.74, 6) is 1.15. The summed E-state index contributed by atoms with van der Waals surface area (Å²) in [6.07, 6.45) is 2.11. The number of nitrogens with two attached hydrogens (primary N) is 2. The van der Waals surface area contributed by atoms with Gasteiger partial charge in [-0.3, -0.25) is 4.99 Å². The molecular weight excluding hydrogens is 260 g/mol. The van der Waals surface area contributed by atoms with E-state index in [1.807, 2.05) is 31.2 Å². The van der Waals surface area contributed by atoms with Crippen molar-refractivity contribution in [1.29, 1.82) is 0 Å². The predicted octanol–water partition coefficient (Wildman–Crippen LogP) is 0.980. The molecule has 0 bridgehead atoms. The Kier molecular flexibility index (Phi) is 4.11. The van der Waals surface area contributed by atoms with Crippen molar-refractivity contribution in [2.45, 2.75) is 24.4 Å². The average molecular weight is 278 g/mol. The topological polar surface area (TPSA) is 86.0 Å². The number of thiol groups is 1. The Bertz CT molecular complexity index is 517. The van der Waals surface area contributed by atoms with E-state index in [1.54, 1.807) is 6.21 Å². The Hall–Kier alpha value is -1.53. The first kappa shape index (κ1) is 13.9. The summed E-state index contributed by atoms with van der Waals surface area (Å²) in [6.45, 7) is 2.54. The lowest BCUT2D eigenvalue weighted by Gasteiger charge is -2.28. The van der Waals surface area contributed by atoms with Crippen LogP contribution in [0.4, 0.5) is 0 Å². The molecule has 0 saturated heterocycles. The van der Waals surface area contributed by atoms with Gasteiger partial charge < -0.3 is 16.2 Å². The monoisotopic (exact) mass is 278 g/mol. The molecule has 0 aliphatic carbocycles. The zero-order valence-corrected chi connectivity index (χ0v) is 11.7. The minimum atomic E-state index is -0.883. The molecule has 1 aliphatic heterocycles. The minimum absolute atomic E-state index is 0.341. The van der Waals surface area contributed by atoms with Crippen LogP contribution in [0.15, 0.2) is 34.3 Å². The van der Waals surface area contributed by atoms with Crippen molar-refractivity contribution in [2.24, 2.45) is 21.5 Å². The van der Waals surface area contributed by atoms with E-state index in [-0.39, 0.29) is 0 Å². The first-order chi connectivity index (χ1) is 9.05. The van der Waals surface area contributed by atoms with Gasteiger partial charge in [-0.1, -0.05) is 18.2 Å². The largest absolute Gasteiger partial charge is 0.494 e. The summed E-state index contributed by atoms with van der Waals surface area (Å²) < 4.78 is 5.58. The fraction of sp³-hybridized carbons (Fsp3) is 0.385. The summed E-state index contributed by atoms with van der Waals surface area (Å²) in [5, 5.41) is 0. The van der Waals surface area contributed by atoms with E-state index >= 15 is 0 Å². The summed E-state index contributed by atoms with van der Waals surface area (Å²) in [7, 11) is 0. The van der Waals surface area contributed by atoms with Gasteiger partial charge in [-0.25, -0.2) is 4.99 Å². The second-order valence-electron chi connectivity index (χ2n) is 4.40. The fourth-order valence-electron chi connectivity index (χ4n) is 1.94. The molecular formula is C13H18N4OS. The van der Waals surface area contributed by atoms with Gasteiger partial charge in [-0.05, 0) is 18.6 Å². The Morgan fingerprint density at radius 3 is 2.84 bits per heavy atom. The number of hydrogen-bond acceptors (Lipinski definition) is 6. The van der Waals surface area contributed by atoms with Crippen molar-refractivity contribution >= 4 is 24.7 Å². The molecule has 5 nitrogen and oxygen atoms in total. The van der Waals surface area contributed by atoms with Gasteiger partial charge in [-0.15, -0.1) is 12.6 Å². The van der Waals surface area contributed by atoms with Gasteiger partial charge in [0.05, 0.1) is 6.61 Å². The third-order valence-corrected chi connectivity index (χ3v) is 3.17. The van der Waals surface area contributed by atoms with Gasteiger partial charge in [0.15, 0.2) is 5.50 Å². The molecule has 0 saturated carbocycles. The Balaban J connectivity index is 2.26. The van der Waals surface area contributed by atoms with E-state index in [9.17, 15) is 0 Å². The lowest BCUT2D eigenvalue weighted by Crippen LogP contribution is -2.57. The first-order valence-corrected chi connectivity index (χ1v) is 6.62. The third kappa shape index (κ3) is 3.08. The maximum Gasteiger partial charge on any atom is 0.185 e. The van der Waals surface area contributed by atoms with Crippen LogP contribution in [0.25, 0.3) is 0 Å². The minimum Gasteiger partial charge on any atom is -0.494 e. The summed E-state index contributed by atoms with van der Waals surface area (Å²) >= 11 is 4.13. The number of nitrogens with zero attached hydrogens (tertiary/aromatic N) is 2. The van der Waals surface area contributed by atoms with Gasteiger partial charge >= 0.3 is 0 Å². The van der Waals surface area contributed by atoms with Crippen molar-refractivity contribution < 1.29 is 4.74 Å². The highest BCUT2D eigenvalue weighted by Gasteiger charge is 2.32. The van der Waals surface area contributed by atoms with Crippen molar-refractivity contribution in [3.05, 3.63) is 29.8 Å². The molecule has 0 radical (unpaired) electrons. The van der Waals surface area contributed by atoms with Crippen LogP contribution in [0.2, 0.25) is 0 Å². The summed E-state index contributed by atoms with van der Waals surface area (Å²) in [4.78, 5) is 8.21. The SMILES string of the molecule is CCOc1ccccc1CC1(N)C=NC(S)N=C1N. The van der Waals surface area contributed by atoms with E-state index in [0.29, 0.717) is 18.9 Å². The highest BCUT2D eigenvalue weighted by Crippen LogP contribution is 2.23. The number of amidine groups is 1. The quantitative estimate of drug-likeness (QED) is 0.718. The maximum absolute atomic E-state index is 6.27. The number of ether oxygens (including phenoxy) is 1. The van der Waals surface area contributed by atoms with E-state index < -0.39 is 11.0 Å². The van der Waals surface area contributed by atoms with Crippen molar-refractivity contribution in [2.75, 3.05) is 6.61 Å².